The SMILES string of the molecule is C=CCC(c1ccc(Cl)c(Cl)c1)C1c2cccc(Cl)c2CN1C. The number of fused-ring (bicyclic) bond motifs is 1. The summed E-state index contributed by atoms with van der Waals surface area (Å²) in [5.74, 6) is 0.256. The Hall–Kier alpha value is -0.990. The Balaban J connectivity index is 2.07. The second-order valence-electron chi connectivity index (χ2n) is 5.97. The summed E-state index contributed by atoms with van der Waals surface area (Å²) < 4.78 is 0. The molecule has 1 heterocycles. The Bertz CT molecular complexity index is 741. The first-order chi connectivity index (χ1) is 11.0. The minimum atomic E-state index is 0.249. The van der Waals surface area contributed by atoms with E-state index in [-0.39, 0.29) is 12.0 Å². The first kappa shape index (κ1) is 16.9. The van der Waals surface area contributed by atoms with Crippen molar-refractivity contribution in [3.63, 3.8) is 0 Å². The Morgan fingerprint density at radius 2 is 1.96 bits per heavy atom. The fraction of sp³-hybridized carbons (Fsp3) is 0.263. The molecule has 0 saturated heterocycles. The monoisotopic (exact) mass is 365 g/mol. The van der Waals surface area contributed by atoms with Gasteiger partial charge in [0.05, 0.1) is 10.0 Å². The molecule has 2 atom stereocenters. The lowest BCUT2D eigenvalue weighted by Gasteiger charge is -2.30. The molecular weight excluding hydrogens is 349 g/mol. The van der Waals surface area contributed by atoms with E-state index in [2.05, 4.69) is 30.7 Å². The van der Waals surface area contributed by atoms with Crippen molar-refractivity contribution >= 4 is 34.8 Å². The Kier molecular flexibility index (Phi) is 5.03. The van der Waals surface area contributed by atoms with E-state index in [0.717, 1.165) is 18.0 Å². The Labute approximate surface area is 152 Å². The van der Waals surface area contributed by atoms with Crippen LogP contribution >= 0.6 is 34.8 Å². The third kappa shape index (κ3) is 3.16. The van der Waals surface area contributed by atoms with Crippen molar-refractivity contribution in [2.45, 2.75) is 24.9 Å². The zero-order valence-corrected chi connectivity index (χ0v) is 15.2. The first-order valence-corrected chi connectivity index (χ1v) is 8.69. The predicted molar refractivity (Wildman–Crippen MR) is 99.7 cm³/mol. The molecule has 120 valence electrons. The van der Waals surface area contributed by atoms with Crippen LogP contribution in [0.3, 0.4) is 0 Å². The van der Waals surface area contributed by atoms with Crippen molar-refractivity contribution in [1.82, 2.24) is 4.90 Å². The summed E-state index contributed by atoms with van der Waals surface area (Å²) >= 11 is 18.7. The number of hydrogen-bond acceptors (Lipinski definition) is 1. The predicted octanol–water partition coefficient (Wildman–Crippen LogP) is 6.49. The highest BCUT2D eigenvalue weighted by Gasteiger charge is 2.35. The van der Waals surface area contributed by atoms with Gasteiger partial charge in [0.25, 0.3) is 0 Å². The smallest absolute Gasteiger partial charge is 0.0595 e. The van der Waals surface area contributed by atoms with Gasteiger partial charge >= 0.3 is 0 Å². The van der Waals surface area contributed by atoms with Gasteiger partial charge in [-0.15, -0.1) is 6.58 Å². The average Bonchev–Trinajstić information content (AvgIpc) is 2.85. The van der Waals surface area contributed by atoms with Crippen molar-refractivity contribution < 1.29 is 0 Å². The second-order valence-corrected chi connectivity index (χ2v) is 7.19. The molecule has 4 heteroatoms. The van der Waals surface area contributed by atoms with Crippen LogP contribution in [0, 0.1) is 0 Å². The zero-order chi connectivity index (χ0) is 16.6. The molecule has 1 aliphatic heterocycles. The summed E-state index contributed by atoms with van der Waals surface area (Å²) in [4.78, 5) is 2.34. The highest BCUT2D eigenvalue weighted by molar-refractivity contribution is 6.42. The lowest BCUT2D eigenvalue weighted by Crippen LogP contribution is -2.23. The van der Waals surface area contributed by atoms with Gasteiger partial charge in [-0.1, -0.05) is 59.1 Å². The van der Waals surface area contributed by atoms with E-state index < -0.39 is 0 Å². The maximum atomic E-state index is 6.39. The van der Waals surface area contributed by atoms with Crippen LogP contribution in [0.2, 0.25) is 15.1 Å². The lowest BCUT2D eigenvalue weighted by atomic mass is 9.84. The highest BCUT2D eigenvalue weighted by Crippen LogP contribution is 2.46. The maximum Gasteiger partial charge on any atom is 0.0595 e. The molecule has 0 N–H and O–H groups in total. The number of nitrogens with zero attached hydrogens (tertiary/aromatic N) is 1. The van der Waals surface area contributed by atoms with Crippen molar-refractivity contribution in [3.8, 4) is 0 Å². The quantitative estimate of drug-likeness (QED) is 0.559. The van der Waals surface area contributed by atoms with E-state index in [1.807, 2.05) is 30.3 Å². The third-order valence-electron chi connectivity index (χ3n) is 4.53. The van der Waals surface area contributed by atoms with Crippen LogP contribution in [0.5, 0.6) is 0 Å². The molecule has 2 aromatic carbocycles. The van der Waals surface area contributed by atoms with Crippen LogP contribution in [-0.4, -0.2) is 11.9 Å². The molecule has 0 bridgehead atoms. The number of rotatable bonds is 4. The maximum absolute atomic E-state index is 6.39. The number of benzene rings is 2. The highest BCUT2D eigenvalue weighted by atomic mass is 35.5. The van der Waals surface area contributed by atoms with Gasteiger partial charge in [0, 0.05) is 23.5 Å². The van der Waals surface area contributed by atoms with Crippen molar-refractivity contribution in [3.05, 3.63) is 80.8 Å². The van der Waals surface area contributed by atoms with Gasteiger partial charge in [-0.2, -0.15) is 0 Å². The topological polar surface area (TPSA) is 3.24 Å². The first-order valence-electron chi connectivity index (χ1n) is 7.56. The lowest BCUT2D eigenvalue weighted by molar-refractivity contribution is 0.233. The molecular formula is C19H18Cl3N. The van der Waals surface area contributed by atoms with E-state index in [1.165, 1.54) is 16.7 Å². The Morgan fingerprint density at radius 1 is 1.17 bits per heavy atom. The van der Waals surface area contributed by atoms with Gasteiger partial charge in [0.15, 0.2) is 0 Å². The summed E-state index contributed by atoms with van der Waals surface area (Å²) in [6.07, 6.45) is 2.82. The van der Waals surface area contributed by atoms with Crippen LogP contribution < -0.4 is 0 Å². The summed E-state index contributed by atoms with van der Waals surface area (Å²) in [7, 11) is 2.13. The van der Waals surface area contributed by atoms with E-state index in [0.29, 0.717) is 10.0 Å². The molecule has 3 rings (SSSR count). The molecule has 0 saturated carbocycles. The van der Waals surface area contributed by atoms with Gasteiger partial charge in [-0.25, -0.2) is 0 Å². The van der Waals surface area contributed by atoms with Gasteiger partial charge < -0.3 is 0 Å². The molecule has 2 unspecified atom stereocenters. The Morgan fingerprint density at radius 3 is 2.65 bits per heavy atom. The van der Waals surface area contributed by atoms with E-state index in [9.17, 15) is 0 Å². The largest absolute Gasteiger partial charge is 0.294 e. The molecule has 0 aromatic heterocycles. The average molecular weight is 367 g/mol. The zero-order valence-electron chi connectivity index (χ0n) is 12.9. The van der Waals surface area contributed by atoms with Crippen LogP contribution in [-0.2, 0) is 6.54 Å². The minimum Gasteiger partial charge on any atom is -0.294 e. The molecule has 0 fully saturated rings. The summed E-state index contributed by atoms with van der Waals surface area (Å²) in [6, 6.07) is 12.3. The van der Waals surface area contributed by atoms with Crippen LogP contribution in [0.4, 0.5) is 0 Å². The van der Waals surface area contributed by atoms with Gasteiger partial charge in [0.1, 0.15) is 0 Å². The normalized spacial score (nSPS) is 18.7. The fourth-order valence-electron chi connectivity index (χ4n) is 3.50. The second kappa shape index (κ2) is 6.86. The van der Waals surface area contributed by atoms with Crippen molar-refractivity contribution in [2.24, 2.45) is 0 Å². The molecule has 1 aliphatic rings. The van der Waals surface area contributed by atoms with E-state index in [4.69, 9.17) is 34.8 Å². The third-order valence-corrected chi connectivity index (χ3v) is 5.62. The van der Waals surface area contributed by atoms with Crippen LogP contribution in [0.15, 0.2) is 49.1 Å². The summed E-state index contributed by atoms with van der Waals surface area (Å²) in [5.41, 5.74) is 3.68. The molecule has 0 radical (unpaired) electrons. The van der Waals surface area contributed by atoms with E-state index >= 15 is 0 Å². The number of likely N-dealkylation sites (N-methyl/N-ethyl adjacent to an activating group) is 1. The molecule has 0 aliphatic carbocycles. The van der Waals surface area contributed by atoms with Crippen LogP contribution in [0.1, 0.15) is 35.1 Å². The standard InChI is InChI=1S/C19H18Cl3N/c1-3-5-13(12-8-9-17(21)18(22)10-12)19-14-6-4-7-16(20)15(14)11-23(19)2/h3-4,6-10,13,19H,1,5,11H2,2H3. The van der Waals surface area contributed by atoms with Gasteiger partial charge in [-0.3, -0.25) is 4.90 Å². The molecule has 2 aromatic rings. The molecule has 0 spiro atoms. The van der Waals surface area contributed by atoms with Crippen molar-refractivity contribution in [1.29, 1.82) is 0 Å². The molecule has 1 nitrogen and oxygen atoms in total. The van der Waals surface area contributed by atoms with Crippen LogP contribution in [0.25, 0.3) is 0 Å². The summed E-state index contributed by atoms with van der Waals surface area (Å²) in [6.45, 7) is 4.79. The summed E-state index contributed by atoms with van der Waals surface area (Å²) in [5, 5.41) is 2.00. The number of hydrogen-bond donors (Lipinski definition) is 0. The number of allylic oxidation sites excluding steroid dienone is 1. The molecule has 0 amide bonds. The number of halogens is 3. The van der Waals surface area contributed by atoms with Gasteiger partial charge in [-0.05, 0) is 48.4 Å². The fourth-order valence-corrected chi connectivity index (χ4v) is 4.05. The minimum absolute atomic E-state index is 0.249. The molecule has 23 heavy (non-hydrogen) atoms. The van der Waals surface area contributed by atoms with Gasteiger partial charge in [0.2, 0.25) is 0 Å². The van der Waals surface area contributed by atoms with E-state index in [1.54, 1.807) is 0 Å². The van der Waals surface area contributed by atoms with Crippen molar-refractivity contribution in [2.75, 3.05) is 7.05 Å².